The summed E-state index contributed by atoms with van der Waals surface area (Å²) in [6.45, 7) is 0. The Morgan fingerprint density at radius 1 is 1.18 bits per heavy atom. The van der Waals surface area contributed by atoms with Crippen LogP contribution in [-0.2, 0) is 0 Å². The van der Waals surface area contributed by atoms with E-state index >= 15 is 0 Å². The van der Waals surface area contributed by atoms with E-state index in [1.807, 2.05) is 36.4 Å². The van der Waals surface area contributed by atoms with Gasteiger partial charge in [-0.05, 0) is 16.8 Å². The van der Waals surface area contributed by atoms with Gasteiger partial charge in [0.05, 0.1) is 25.7 Å². The van der Waals surface area contributed by atoms with Crippen molar-refractivity contribution in [1.29, 1.82) is 0 Å². The van der Waals surface area contributed by atoms with Gasteiger partial charge in [-0.2, -0.15) is 14.7 Å². The van der Waals surface area contributed by atoms with Gasteiger partial charge in [0.1, 0.15) is 11.3 Å². The van der Waals surface area contributed by atoms with Crippen LogP contribution in [-0.4, -0.2) is 38.8 Å². The molecular weight excluding hydrogens is 360 g/mol. The van der Waals surface area contributed by atoms with Crippen molar-refractivity contribution in [1.82, 2.24) is 25.0 Å². The highest BCUT2D eigenvalue weighted by Gasteiger charge is 2.14. The van der Waals surface area contributed by atoms with Gasteiger partial charge in [-0.25, -0.2) is 15.4 Å². The molecule has 4 aromatic rings. The quantitative estimate of drug-likeness (QED) is 0.427. The Morgan fingerprint density at radius 3 is 2.89 bits per heavy atom. The predicted octanol–water partition coefficient (Wildman–Crippen LogP) is 1.41. The molecule has 0 unspecified atom stereocenters. The summed E-state index contributed by atoms with van der Waals surface area (Å²) in [6, 6.07) is 11.5. The van der Waals surface area contributed by atoms with Gasteiger partial charge in [0, 0.05) is 11.8 Å². The summed E-state index contributed by atoms with van der Waals surface area (Å²) >= 11 is 0. The second kappa shape index (κ2) is 7.23. The van der Waals surface area contributed by atoms with E-state index in [4.69, 9.17) is 4.74 Å². The molecule has 138 valence electrons. The van der Waals surface area contributed by atoms with E-state index in [9.17, 15) is 9.59 Å². The summed E-state index contributed by atoms with van der Waals surface area (Å²) in [5.41, 5.74) is 2.23. The molecule has 0 aliphatic heterocycles. The normalized spacial score (nSPS) is 11.2. The van der Waals surface area contributed by atoms with Gasteiger partial charge in [-0.1, -0.05) is 30.3 Å². The number of ether oxygens (including phenoxy) is 1. The molecule has 1 amide bonds. The number of aromatic nitrogens is 4. The second-order valence-electron chi connectivity index (χ2n) is 5.73. The van der Waals surface area contributed by atoms with E-state index in [2.05, 4.69) is 25.6 Å². The second-order valence-corrected chi connectivity index (χ2v) is 5.73. The fourth-order valence-electron chi connectivity index (χ4n) is 2.78. The van der Waals surface area contributed by atoms with Gasteiger partial charge in [-0.15, -0.1) is 0 Å². The lowest BCUT2D eigenvalue weighted by Gasteiger charge is -2.08. The van der Waals surface area contributed by atoms with E-state index in [1.54, 1.807) is 7.11 Å². The van der Waals surface area contributed by atoms with Crippen LogP contribution >= 0.6 is 0 Å². The summed E-state index contributed by atoms with van der Waals surface area (Å²) in [6.07, 6.45) is 5.37. The van der Waals surface area contributed by atoms with Crippen LogP contribution in [0.15, 0.2) is 64.9 Å². The number of amides is 1. The van der Waals surface area contributed by atoms with Gasteiger partial charge in [-0.3, -0.25) is 9.59 Å². The van der Waals surface area contributed by atoms with E-state index in [-0.39, 0.29) is 11.3 Å². The highest BCUT2D eigenvalue weighted by atomic mass is 16.5. The first-order valence-corrected chi connectivity index (χ1v) is 8.27. The van der Waals surface area contributed by atoms with E-state index < -0.39 is 11.5 Å². The molecule has 1 N–H and O–H groups in total. The van der Waals surface area contributed by atoms with Gasteiger partial charge < -0.3 is 4.74 Å². The molecule has 9 heteroatoms. The minimum absolute atomic E-state index is 0.105. The van der Waals surface area contributed by atoms with Gasteiger partial charge in [0.25, 0.3) is 17.2 Å². The topological polar surface area (TPSA) is 111 Å². The van der Waals surface area contributed by atoms with Crippen LogP contribution in [0.2, 0.25) is 0 Å². The van der Waals surface area contributed by atoms with E-state index in [0.29, 0.717) is 11.3 Å². The molecule has 0 atom stereocenters. The molecule has 9 nitrogen and oxygen atoms in total. The van der Waals surface area contributed by atoms with Crippen LogP contribution in [0.1, 0.15) is 15.9 Å². The predicted molar refractivity (Wildman–Crippen MR) is 103 cm³/mol. The zero-order chi connectivity index (χ0) is 19.5. The minimum Gasteiger partial charge on any atom is -0.496 e. The van der Waals surface area contributed by atoms with Crippen molar-refractivity contribution in [3.8, 4) is 5.75 Å². The summed E-state index contributed by atoms with van der Waals surface area (Å²) in [7, 11) is 1.56. The van der Waals surface area contributed by atoms with Gasteiger partial charge >= 0.3 is 0 Å². The van der Waals surface area contributed by atoms with Crippen LogP contribution in [0, 0.1) is 0 Å². The van der Waals surface area contributed by atoms with Crippen molar-refractivity contribution in [3.63, 3.8) is 0 Å². The molecule has 0 saturated carbocycles. The van der Waals surface area contributed by atoms with E-state index in [0.717, 1.165) is 21.5 Å². The number of benzene rings is 2. The average molecular weight is 374 g/mol. The molecule has 2 heterocycles. The summed E-state index contributed by atoms with van der Waals surface area (Å²) in [5, 5.41) is 9.76. The van der Waals surface area contributed by atoms with Crippen molar-refractivity contribution in [3.05, 3.63) is 76.5 Å². The van der Waals surface area contributed by atoms with Crippen molar-refractivity contribution in [2.24, 2.45) is 5.10 Å². The van der Waals surface area contributed by atoms with Crippen LogP contribution in [0.25, 0.3) is 16.6 Å². The maximum atomic E-state index is 12.4. The molecule has 28 heavy (non-hydrogen) atoms. The Kier molecular flexibility index (Phi) is 4.47. The monoisotopic (exact) mass is 374 g/mol. The Hall–Kier alpha value is -4.14. The number of hydrazone groups is 1. The maximum absolute atomic E-state index is 12.4. The fourth-order valence-corrected chi connectivity index (χ4v) is 2.78. The van der Waals surface area contributed by atoms with Crippen LogP contribution in [0.3, 0.4) is 0 Å². The Morgan fingerprint density at radius 2 is 2.04 bits per heavy atom. The minimum atomic E-state index is -0.701. The standard InChI is InChI=1S/C19H14N6O3/c1-28-16-7-6-12-4-2-3-5-13(12)14(16)11-22-24-17(26)15-10-21-19-20-8-9-23-25(19)18(15)27/h2-11H,1H3,(H,24,26)/b22-11+. The smallest absolute Gasteiger partial charge is 0.288 e. The molecule has 0 aliphatic rings. The van der Waals surface area contributed by atoms with Crippen LogP contribution in [0.5, 0.6) is 5.75 Å². The first-order chi connectivity index (χ1) is 13.7. The molecule has 0 fully saturated rings. The average Bonchev–Trinajstić information content (AvgIpc) is 2.74. The van der Waals surface area contributed by atoms with Crippen LogP contribution in [0.4, 0.5) is 0 Å². The number of nitrogens with one attached hydrogen (secondary N) is 1. The van der Waals surface area contributed by atoms with Crippen molar-refractivity contribution in [2.75, 3.05) is 7.11 Å². The number of carbonyl (C=O) groups excluding carboxylic acids is 1. The molecule has 2 aromatic heterocycles. The third-order valence-corrected chi connectivity index (χ3v) is 4.12. The summed E-state index contributed by atoms with van der Waals surface area (Å²) in [4.78, 5) is 32.6. The highest BCUT2D eigenvalue weighted by molar-refractivity contribution is 6.03. The molecule has 4 rings (SSSR count). The first kappa shape index (κ1) is 17.3. The lowest BCUT2D eigenvalue weighted by Crippen LogP contribution is -2.30. The number of hydrogen-bond acceptors (Lipinski definition) is 7. The molecule has 0 aliphatic carbocycles. The number of rotatable bonds is 4. The third kappa shape index (κ3) is 3.05. The molecule has 0 radical (unpaired) electrons. The summed E-state index contributed by atoms with van der Waals surface area (Å²) < 4.78 is 6.33. The number of nitrogens with zero attached hydrogens (tertiary/aromatic N) is 5. The third-order valence-electron chi connectivity index (χ3n) is 4.12. The molecule has 0 saturated heterocycles. The van der Waals surface area contributed by atoms with Crippen molar-refractivity contribution in [2.45, 2.75) is 0 Å². The van der Waals surface area contributed by atoms with Crippen molar-refractivity contribution >= 4 is 28.7 Å². The largest absolute Gasteiger partial charge is 0.496 e. The number of hydrogen-bond donors (Lipinski definition) is 1. The number of fused-ring (bicyclic) bond motifs is 2. The molecular formula is C19H14N6O3. The molecule has 0 bridgehead atoms. The SMILES string of the molecule is COc1ccc2ccccc2c1/C=N/NC(=O)c1cnc2nccnn2c1=O. The highest BCUT2D eigenvalue weighted by Crippen LogP contribution is 2.26. The molecule has 2 aromatic carbocycles. The zero-order valence-electron chi connectivity index (χ0n) is 14.7. The fraction of sp³-hybridized carbons (Fsp3) is 0.0526. The number of carbonyl (C=O) groups is 1. The van der Waals surface area contributed by atoms with Gasteiger partial charge in [0.2, 0.25) is 0 Å². The maximum Gasteiger partial charge on any atom is 0.288 e. The van der Waals surface area contributed by atoms with Gasteiger partial charge in [0.15, 0.2) is 0 Å². The summed E-state index contributed by atoms with van der Waals surface area (Å²) in [5.74, 6) is 0.0143. The Labute approximate surface area is 158 Å². The number of methoxy groups -OCH3 is 1. The Balaban J connectivity index is 1.64. The first-order valence-electron chi connectivity index (χ1n) is 8.27. The van der Waals surface area contributed by atoms with E-state index in [1.165, 1.54) is 18.6 Å². The molecule has 0 spiro atoms. The van der Waals surface area contributed by atoms with Crippen LogP contribution < -0.4 is 15.7 Å². The lowest BCUT2D eigenvalue weighted by atomic mass is 10.0. The Bertz CT molecular complexity index is 1280. The zero-order valence-corrected chi connectivity index (χ0v) is 14.7. The lowest BCUT2D eigenvalue weighted by molar-refractivity contribution is 0.0953. The van der Waals surface area contributed by atoms with Crippen molar-refractivity contribution < 1.29 is 9.53 Å².